The van der Waals surface area contributed by atoms with E-state index in [2.05, 4.69) is 6.07 Å². The Bertz CT molecular complexity index is 294. The summed E-state index contributed by atoms with van der Waals surface area (Å²) in [6, 6.07) is 8.06. The van der Waals surface area contributed by atoms with Crippen LogP contribution in [0.1, 0.15) is 18.9 Å². The highest BCUT2D eigenvalue weighted by molar-refractivity contribution is 5.35. The molecule has 2 nitrogen and oxygen atoms in total. The maximum atomic E-state index is 5.87. The lowest BCUT2D eigenvalue weighted by atomic mass is 10.00. The van der Waals surface area contributed by atoms with Gasteiger partial charge in [-0.15, -0.1) is 0 Å². The molecular weight excluding hydrogens is 150 g/mol. The van der Waals surface area contributed by atoms with Gasteiger partial charge in [-0.05, 0) is 25.0 Å². The van der Waals surface area contributed by atoms with Crippen LogP contribution in [0.2, 0.25) is 0 Å². The molecule has 0 saturated heterocycles. The lowest BCUT2D eigenvalue weighted by Crippen LogP contribution is -2.45. The fourth-order valence-electron chi connectivity index (χ4n) is 1.50. The van der Waals surface area contributed by atoms with Crippen LogP contribution in [0.15, 0.2) is 24.3 Å². The topological polar surface area (TPSA) is 35.2 Å². The van der Waals surface area contributed by atoms with Gasteiger partial charge >= 0.3 is 0 Å². The Hall–Kier alpha value is -1.02. The third-order valence-electron chi connectivity index (χ3n) is 2.21. The first-order valence-corrected chi connectivity index (χ1v) is 4.23. The molecule has 0 bridgehead atoms. The van der Waals surface area contributed by atoms with Crippen LogP contribution in [0.3, 0.4) is 0 Å². The van der Waals surface area contributed by atoms with E-state index in [1.807, 2.05) is 25.1 Å². The summed E-state index contributed by atoms with van der Waals surface area (Å²) >= 11 is 0. The van der Waals surface area contributed by atoms with E-state index in [-0.39, 0.29) is 0 Å². The zero-order valence-electron chi connectivity index (χ0n) is 7.21. The van der Waals surface area contributed by atoms with Gasteiger partial charge in [0.25, 0.3) is 0 Å². The highest BCUT2D eigenvalue weighted by atomic mass is 16.5. The van der Waals surface area contributed by atoms with Crippen molar-refractivity contribution in [1.82, 2.24) is 0 Å². The van der Waals surface area contributed by atoms with Gasteiger partial charge in [-0.2, -0.15) is 0 Å². The van der Waals surface area contributed by atoms with Crippen molar-refractivity contribution in [2.45, 2.75) is 25.5 Å². The molecule has 0 fully saturated rings. The summed E-state index contributed by atoms with van der Waals surface area (Å²) in [5.74, 6) is 0.939. The molecule has 12 heavy (non-hydrogen) atoms. The summed E-state index contributed by atoms with van der Waals surface area (Å²) < 4.78 is 5.60. The summed E-state index contributed by atoms with van der Waals surface area (Å²) in [6.07, 6.45) is 1.91. The van der Waals surface area contributed by atoms with Crippen LogP contribution < -0.4 is 10.5 Å². The zero-order chi connectivity index (χ0) is 8.60. The molecule has 0 aromatic heterocycles. The molecule has 64 valence electrons. The lowest BCUT2D eigenvalue weighted by molar-refractivity contribution is 0.0720. The van der Waals surface area contributed by atoms with Gasteiger partial charge in [0.15, 0.2) is 5.72 Å². The Labute approximate surface area is 72.3 Å². The quantitative estimate of drug-likeness (QED) is 0.631. The van der Waals surface area contributed by atoms with Gasteiger partial charge in [0.1, 0.15) is 5.75 Å². The summed E-state index contributed by atoms with van der Waals surface area (Å²) in [6.45, 7) is 1.92. The molecule has 0 amide bonds. The van der Waals surface area contributed by atoms with E-state index in [9.17, 15) is 0 Å². The third kappa shape index (κ3) is 1.30. The van der Waals surface area contributed by atoms with E-state index in [0.717, 1.165) is 18.6 Å². The average molecular weight is 163 g/mol. The largest absolute Gasteiger partial charge is 0.473 e. The number of hydrogen-bond acceptors (Lipinski definition) is 2. The van der Waals surface area contributed by atoms with E-state index in [4.69, 9.17) is 10.5 Å². The molecule has 1 aromatic rings. The van der Waals surface area contributed by atoms with Crippen molar-refractivity contribution in [2.24, 2.45) is 5.73 Å². The Kier molecular flexibility index (Phi) is 1.58. The second kappa shape index (κ2) is 2.49. The van der Waals surface area contributed by atoms with Crippen LogP contribution in [-0.4, -0.2) is 5.72 Å². The number of benzene rings is 1. The minimum Gasteiger partial charge on any atom is -0.473 e. The van der Waals surface area contributed by atoms with Crippen LogP contribution >= 0.6 is 0 Å². The fraction of sp³-hybridized carbons (Fsp3) is 0.400. The van der Waals surface area contributed by atoms with Gasteiger partial charge in [0.2, 0.25) is 0 Å². The summed E-state index contributed by atoms with van der Waals surface area (Å²) in [7, 11) is 0. The molecule has 2 heteroatoms. The first kappa shape index (κ1) is 7.62. The minimum absolute atomic E-state index is 0.478. The van der Waals surface area contributed by atoms with Crippen molar-refractivity contribution < 1.29 is 4.74 Å². The molecule has 0 radical (unpaired) electrons. The van der Waals surface area contributed by atoms with Gasteiger partial charge in [0.05, 0.1) is 0 Å². The zero-order valence-corrected chi connectivity index (χ0v) is 7.21. The van der Waals surface area contributed by atoms with Gasteiger partial charge in [-0.1, -0.05) is 18.2 Å². The van der Waals surface area contributed by atoms with Crippen molar-refractivity contribution in [3.63, 3.8) is 0 Å². The van der Waals surface area contributed by atoms with Crippen LogP contribution in [0, 0.1) is 0 Å². The summed E-state index contributed by atoms with van der Waals surface area (Å²) in [5, 5.41) is 0. The summed E-state index contributed by atoms with van der Waals surface area (Å²) in [4.78, 5) is 0. The van der Waals surface area contributed by atoms with Crippen molar-refractivity contribution >= 4 is 0 Å². The molecule has 1 aliphatic rings. The van der Waals surface area contributed by atoms with Gasteiger partial charge in [0, 0.05) is 6.42 Å². The number of nitrogens with two attached hydrogens (primary N) is 1. The Balaban J connectivity index is 2.35. The fourth-order valence-corrected chi connectivity index (χ4v) is 1.50. The van der Waals surface area contributed by atoms with E-state index in [1.54, 1.807) is 0 Å². The molecule has 0 spiro atoms. The number of rotatable bonds is 0. The highest BCUT2D eigenvalue weighted by Gasteiger charge is 2.26. The molecule has 1 atom stereocenters. The number of ether oxygens (including phenoxy) is 1. The van der Waals surface area contributed by atoms with Crippen molar-refractivity contribution in [3.8, 4) is 5.75 Å². The minimum atomic E-state index is -0.478. The summed E-state index contributed by atoms with van der Waals surface area (Å²) in [5.41, 5.74) is 6.66. The first-order chi connectivity index (χ1) is 5.67. The second-order valence-electron chi connectivity index (χ2n) is 3.52. The van der Waals surface area contributed by atoms with Crippen LogP contribution in [0.5, 0.6) is 5.75 Å². The monoisotopic (exact) mass is 163 g/mol. The van der Waals surface area contributed by atoms with E-state index in [1.165, 1.54) is 5.56 Å². The predicted molar refractivity (Wildman–Crippen MR) is 48.0 cm³/mol. The Morgan fingerprint density at radius 2 is 2.17 bits per heavy atom. The number of aryl methyl sites for hydroxylation is 1. The molecule has 2 rings (SSSR count). The maximum absolute atomic E-state index is 5.87. The molecule has 1 heterocycles. The molecule has 2 N–H and O–H groups in total. The van der Waals surface area contributed by atoms with Gasteiger partial charge < -0.3 is 4.74 Å². The standard InChI is InChI=1S/C10H13NO/c1-10(11)7-6-8-4-2-3-5-9(8)12-10/h2-5H,6-7,11H2,1H3/t10-/m1/s1. The molecular formula is C10H13NO. The Morgan fingerprint density at radius 1 is 1.42 bits per heavy atom. The smallest absolute Gasteiger partial charge is 0.156 e. The van der Waals surface area contributed by atoms with Crippen LogP contribution in [-0.2, 0) is 6.42 Å². The van der Waals surface area contributed by atoms with E-state index >= 15 is 0 Å². The van der Waals surface area contributed by atoms with Crippen LogP contribution in [0.4, 0.5) is 0 Å². The van der Waals surface area contributed by atoms with Crippen molar-refractivity contribution in [1.29, 1.82) is 0 Å². The maximum Gasteiger partial charge on any atom is 0.156 e. The molecule has 0 unspecified atom stereocenters. The Morgan fingerprint density at radius 3 is 3.00 bits per heavy atom. The lowest BCUT2D eigenvalue weighted by Gasteiger charge is -2.31. The third-order valence-corrected chi connectivity index (χ3v) is 2.21. The number of fused-ring (bicyclic) bond motifs is 1. The van der Waals surface area contributed by atoms with Crippen molar-refractivity contribution in [2.75, 3.05) is 0 Å². The van der Waals surface area contributed by atoms with E-state index < -0.39 is 5.72 Å². The molecule has 0 saturated carbocycles. The normalized spacial score (nSPS) is 27.5. The average Bonchev–Trinajstić information content (AvgIpc) is 2.02. The number of para-hydroxylation sites is 1. The highest BCUT2D eigenvalue weighted by Crippen LogP contribution is 2.29. The number of hydrogen-bond donors (Lipinski definition) is 1. The molecule has 1 aromatic carbocycles. The second-order valence-corrected chi connectivity index (χ2v) is 3.52. The predicted octanol–water partition coefficient (Wildman–Crippen LogP) is 1.69. The molecule has 0 aliphatic carbocycles. The van der Waals surface area contributed by atoms with Gasteiger partial charge in [-0.25, -0.2) is 0 Å². The SMILES string of the molecule is C[C@]1(N)CCc2ccccc2O1. The van der Waals surface area contributed by atoms with E-state index in [0.29, 0.717) is 0 Å². The van der Waals surface area contributed by atoms with Crippen LogP contribution in [0.25, 0.3) is 0 Å². The molecule has 1 aliphatic heterocycles. The van der Waals surface area contributed by atoms with Crippen molar-refractivity contribution in [3.05, 3.63) is 29.8 Å². The van der Waals surface area contributed by atoms with Gasteiger partial charge in [-0.3, -0.25) is 5.73 Å². The first-order valence-electron chi connectivity index (χ1n) is 4.23.